The van der Waals surface area contributed by atoms with Gasteiger partial charge in [0, 0.05) is 11.1 Å². The zero-order chi connectivity index (χ0) is 15.8. The molecule has 0 aliphatic heterocycles. The van der Waals surface area contributed by atoms with Crippen molar-refractivity contribution >= 4 is 5.97 Å². The van der Waals surface area contributed by atoms with Gasteiger partial charge in [0.1, 0.15) is 11.6 Å². The summed E-state index contributed by atoms with van der Waals surface area (Å²) < 4.78 is 51.9. The van der Waals surface area contributed by atoms with Crippen LogP contribution in [-0.2, 0) is 6.18 Å². The van der Waals surface area contributed by atoms with Crippen molar-refractivity contribution in [1.29, 1.82) is 0 Å². The van der Waals surface area contributed by atoms with Crippen LogP contribution in [0.3, 0.4) is 0 Å². The second-order valence-corrected chi connectivity index (χ2v) is 4.20. The highest BCUT2D eigenvalue weighted by Crippen LogP contribution is 2.38. The first-order chi connectivity index (χ1) is 9.71. The summed E-state index contributed by atoms with van der Waals surface area (Å²) in [5.41, 5.74) is -2.40. The molecule has 0 radical (unpaired) electrons. The normalized spacial score (nSPS) is 11.4. The summed E-state index contributed by atoms with van der Waals surface area (Å²) in [4.78, 5) is 10.7. The fourth-order valence-corrected chi connectivity index (χ4v) is 1.85. The third kappa shape index (κ3) is 2.81. The summed E-state index contributed by atoms with van der Waals surface area (Å²) in [6, 6.07) is 5.62. The van der Waals surface area contributed by atoms with Gasteiger partial charge in [0.25, 0.3) is 0 Å². The summed E-state index contributed by atoms with van der Waals surface area (Å²) in [6.07, 6.45) is -4.86. The SMILES string of the molecule is O=C(O)c1ccc(-c2cccc(C(F)(F)F)c2F)c(O)c1. The monoisotopic (exact) mass is 300 g/mol. The van der Waals surface area contributed by atoms with Gasteiger partial charge in [-0.3, -0.25) is 0 Å². The predicted octanol–water partition coefficient (Wildman–Crippen LogP) is 3.92. The molecule has 110 valence electrons. The first-order valence-electron chi connectivity index (χ1n) is 5.64. The number of carbonyl (C=O) groups is 1. The average molecular weight is 300 g/mol. The molecule has 2 aromatic rings. The van der Waals surface area contributed by atoms with Crippen molar-refractivity contribution in [2.24, 2.45) is 0 Å². The van der Waals surface area contributed by atoms with Crippen LogP contribution in [0.1, 0.15) is 15.9 Å². The van der Waals surface area contributed by atoms with Gasteiger partial charge < -0.3 is 10.2 Å². The third-order valence-electron chi connectivity index (χ3n) is 2.84. The Labute approximate surface area is 116 Å². The van der Waals surface area contributed by atoms with Crippen molar-refractivity contribution < 1.29 is 32.6 Å². The molecule has 0 atom stereocenters. The Morgan fingerprint density at radius 1 is 1.05 bits per heavy atom. The van der Waals surface area contributed by atoms with Crippen molar-refractivity contribution in [3.63, 3.8) is 0 Å². The maximum atomic E-state index is 13.9. The lowest BCUT2D eigenvalue weighted by molar-refractivity contribution is -0.139. The van der Waals surface area contributed by atoms with Gasteiger partial charge in [-0.1, -0.05) is 12.1 Å². The molecule has 0 spiro atoms. The highest BCUT2D eigenvalue weighted by atomic mass is 19.4. The number of rotatable bonds is 2. The molecular formula is C14H8F4O3. The molecule has 0 fully saturated rings. The third-order valence-corrected chi connectivity index (χ3v) is 2.84. The Hall–Kier alpha value is -2.57. The Bertz CT molecular complexity index is 708. The molecule has 0 aliphatic carbocycles. The maximum absolute atomic E-state index is 13.9. The van der Waals surface area contributed by atoms with Crippen LogP contribution in [0.25, 0.3) is 11.1 Å². The lowest BCUT2D eigenvalue weighted by Gasteiger charge is -2.12. The number of halogens is 4. The van der Waals surface area contributed by atoms with Crippen LogP contribution < -0.4 is 0 Å². The first-order valence-corrected chi connectivity index (χ1v) is 5.64. The number of carboxylic acids is 1. The highest BCUT2D eigenvalue weighted by molar-refractivity contribution is 5.89. The van der Waals surface area contributed by atoms with E-state index in [9.17, 15) is 27.5 Å². The number of phenolic OH excluding ortho intramolecular Hbond substituents is 1. The van der Waals surface area contributed by atoms with Gasteiger partial charge in [-0.25, -0.2) is 9.18 Å². The zero-order valence-corrected chi connectivity index (χ0v) is 10.3. The molecular weight excluding hydrogens is 292 g/mol. The van der Waals surface area contributed by atoms with Crippen LogP contribution in [0.2, 0.25) is 0 Å². The fraction of sp³-hybridized carbons (Fsp3) is 0.0714. The van der Waals surface area contributed by atoms with Crippen LogP contribution in [-0.4, -0.2) is 16.2 Å². The second kappa shape index (κ2) is 5.08. The lowest BCUT2D eigenvalue weighted by atomic mass is 9.99. The number of hydrogen-bond donors (Lipinski definition) is 2. The number of benzene rings is 2. The minimum absolute atomic E-state index is 0.219. The largest absolute Gasteiger partial charge is 0.507 e. The molecule has 2 aromatic carbocycles. The molecule has 0 unspecified atom stereocenters. The molecule has 2 rings (SSSR count). The van der Waals surface area contributed by atoms with E-state index < -0.39 is 34.8 Å². The number of aromatic carboxylic acids is 1. The Kier molecular flexibility index (Phi) is 3.59. The molecule has 0 saturated heterocycles. The van der Waals surface area contributed by atoms with E-state index in [0.717, 1.165) is 30.3 Å². The van der Waals surface area contributed by atoms with Gasteiger partial charge in [0.05, 0.1) is 11.1 Å². The van der Waals surface area contributed by atoms with Crippen molar-refractivity contribution in [2.75, 3.05) is 0 Å². The standard InChI is InChI=1S/C14H8F4O3/c15-12-9(2-1-3-10(12)14(16,17)18)8-5-4-7(13(20)21)6-11(8)19/h1-6,19H,(H,20,21). The predicted molar refractivity (Wildman–Crippen MR) is 65.5 cm³/mol. The summed E-state index contributed by atoms with van der Waals surface area (Å²) in [5, 5.41) is 18.4. The van der Waals surface area contributed by atoms with E-state index in [0.29, 0.717) is 6.07 Å². The molecule has 0 aliphatic rings. The average Bonchev–Trinajstić information content (AvgIpc) is 2.38. The van der Waals surface area contributed by atoms with E-state index in [1.54, 1.807) is 0 Å². The van der Waals surface area contributed by atoms with Crippen LogP contribution in [0.5, 0.6) is 5.75 Å². The summed E-state index contributed by atoms with van der Waals surface area (Å²) in [6.45, 7) is 0. The quantitative estimate of drug-likeness (QED) is 0.827. The van der Waals surface area contributed by atoms with Crippen LogP contribution >= 0.6 is 0 Å². The van der Waals surface area contributed by atoms with E-state index in [1.165, 1.54) is 0 Å². The molecule has 2 N–H and O–H groups in total. The van der Waals surface area contributed by atoms with Crippen molar-refractivity contribution in [1.82, 2.24) is 0 Å². The van der Waals surface area contributed by atoms with Gasteiger partial charge in [-0.15, -0.1) is 0 Å². The number of aromatic hydroxyl groups is 1. The molecule has 0 bridgehead atoms. The van der Waals surface area contributed by atoms with Gasteiger partial charge in [0.2, 0.25) is 0 Å². The van der Waals surface area contributed by atoms with Gasteiger partial charge in [0.15, 0.2) is 0 Å². The van der Waals surface area contributed by atoms with Crippen molar-refractivity contribution in [3.05, 3.63) is 53.3 Å². The molecule has 0 amide bonds. The maximum Gasteiger partial charge on any atom is 0.419 e. The molecule has 7 heteroatoms. The first kappa shape index (κ1) is 14.8. The summed E-state index contributed by atoms with van der Waals surface area (Å²) in [7, 11) is 0. The van der Waals surface area contributed by atoms with E-state index in [2.05, 4.69) is 0 Å². The Balaban J connectivity index is 2.61. The topological polar surface area (TPSA) is 57.5 Å². The number of alkyl halides is 3. The lowest BCUT2D eigenvalue weighted by Crippen LogP contribution is -2.08. The Morgan fingerprint density at radius 2 is 1.71 bits per heavy atom. The zero-order valence-electron chi connectivity index (χ0n) is 10.3. The molecule has 0 heterocycles. The van der Waals surface area contributed by atoms with Gasteiger partial charge >= 0.3 is 12.1 Å². The van der Waals surface area contributed by atoms with Gasteiger partial charge in [-0.2, -0.15) is 13.2 Å². The molecule has 21 heavy (non-hydrogen) atoms. The minimum Gasteiger partial charge on any atom is -0.507 e. The molecule has 0 saturated carbocycles. The highest BCUT2D eigenvalue weighted by Gasteiger charge is 2.35. The molecule has 3 nitrogen and oxygen atoms in total. The van der Waals surface area contributed by atoms with Crippen LogP contribution in [0, 0.1) is 5.82 Å². The smallest absolute Gasteiger partial charge is 0.419 e. The van der Waals surface area contributed by atoms with E-state index in [-0.39, 0.29) is 11.1 Å². The number of carboxylic acid groups (broad SMARTS) is 1. The van der Waals surface area contributed by atoms with E-state index in [4.69, 9.17) is 5.11 Å². The Morgan fingerprint density at radius 3 is 2.24 bits per heavy atom. The number of phenols is 1. The van der Waals surface area contributed by atoms with E-state index >= 15 is 0 Å². The fourth-order valence-electron chi connectivity index (χ4n) is 1.85. The summed E-state index contributed by atoms with van der Waals surface area (Å²) in [5.74, 6) is -3.46. The van der Waals surface area contributed by atoms with Crippen LogP contribution in [0.4, 0.5) is 17.6 Å². The number of hydrogen-bond acceptors (Lipinski definition) is 2. The van der Waals surface area contributed by atoms with Crippen molar-refractivity contribution in [3.8, 4) is 16.9 Å². The summed E-state index contributed by atoms with van der Waals surface area (Å²) >= 11 is 0. The minimum atomic E-state index is -4.86. The van der Waals surface area contributed by atoms with E-state index in [1.807, 2.05) is 0 Å². The molecule has 0 aromatic heterocycles. The van der Waals surface area contributed by atoms with Gasteiger partial charge in [-0.05, 0) is 24.3 Å². The second-order valence-electron chi connectivity index (χ2n) is 4.20. The van der Waals surface area contributed by atoms with Crippen molar-refractivity contribution in [2.45, 2.75) is 6.18 Å². The van der Waals surface area contributed by atoms with Crippen LogP contribution in [0.15, 0.2) is 36.4 Å².